The lowest BCUT2D eigenvalue weighted by Gasteiger charge is -2.15. The second-order valence-corrected chi connectivity index (χ2v) is 9.84. The van der Waals surface area contributed by atoms with Crippen molar-refractivity contribution in [1.82, 2.24) is 24.3 Å². The van der Waals surface area contributed by atoms with Gasteiger partial charge < -0.3 is 20.1 Å². The van der Waals surface area contributed by atoms with Crippen molar-refractivity contribution in [1.29, 1.82) is 0 Å². The maximum absolute atomic E-state index is 15.4. The highest BCUT2D eigenvalue weighted by molar-refractivity contribution is 5.97. The number of ether oxygens (including phenoxy) is 2. The number of amides is 2. The van der Waals surface area contributed by atoms with E-state index in [2.05, 4.69) is 25.8 Å². The standard InChI is InChI=1S/C29H25F4N7O5/c1-15(41)36-18-5-4-6-19(11-18)37-25(42)12-40-22-10-17(29(31,32)33)9-20(26(22)39(2)28(40)43)16-7-21(30)27(23(8-16)44-3)45-13-24-34-14-35-38-24/h4-11,14H,12-13H2,1-3H3,(H,36,41)(H,37,42)(H,34,35,38). The summed E-state index contributed by atoms with van der Waals surface area (Å²) >= 11 is 0. The van der Waals surface area contributed by atoms with Crippen LogP contribution in [0.2, 0.25) is 0 Å². The summed E-state index contributed by atoms with van der Waals surface area (Å²) in [6.45, 7) is 0.472. The van der Waals surface area contributed by atoms with Crippen LogP contribution in [0, 0.1) is 5.82 Å². The van der Waals surface area contributed by atoms with E-state index < -0.39 is 35.7 Å². The minimum atomic E-state index is -4.85. The Morgan fingerprint density at radius 2 is 1.80 bits per heavy atom. The molecule has 0 aliphatic carbocycles. The van der Waals surface area contributed by atoms with Gasteiger partial charge in [0.1, 0.15) is 19.5 Å². The first-order chi connectivity index (χ1) is 21.3. The molecule has 234 valence electrons. The van der Waals surface area contributed by atoms with E-state index in [1.54, 1.807) is 12.1 Å². The zero-order valence-electron chi connectivity index (χ0n) is 24.0. The summed E-state index contributed by atoms with van der Waals surface area (Å²) in [7, 11) is 2.56. The molecule has 12 nitrogen and oxygen atoms in total. The summed E-state index contributed by atoms with van der Waals surface area (Å²) in [4.78, 5) is 41.6. The number of nitrogens with one attached hydrogen (secondary N) is 3. The maximum atomic E-state index is 15.4. The molecule has 2 heterocycles. The van der Waals surface area contributed by atoms with Crippen LogP contribution < -0.4 is 25.8 Å². The molecule has 5 rings (SSSR count). The molecule has 3 N–H and O–H groups in total. The predicted octanol–water partition coefficient (Wildman–Crippen LogP) is 4.47. The summed E-state index contributed by atoms with van der Waals surface area (Å²) in [5.41, 5.74) is -1.60. The Labute approximate surface area is 251 Å². The van der Waals surface area contributed by atoms with Gasteiger partial charge in [0.05, 0.1) is 23.7 Å². The number of hydrogen-bond donors (Lipinski definition) is 3. The molecule has 0 saturated heterocycles. The van der Waals surface area contributed by atoms with Gasteiger partial charge in [-0.3, -0.25) is 23.8 Å². The van der Waals surface area contributed by atoms with E-state index in [0.717, 1.165) is 27.3 Å². The lowest BCUT2D eigenvalue weighted by atomic mass is 9.99. The number of imidazole rings is 1. The molecule has 45 heavy (non-hydrogen) atoms. The molecule has 3 aromatic carbocycles. The Morgan fingerprint density at radius 3 is 2.44 bits per heavy atom. The summed E-state index contributed by atoms with van der Waals surface area (Å²) in [5.74, 6) is -2.14. The third-order valence-corrected chi connectivity index (χ3v) is 6.69. The van der Waals surface area contributed by atoms with Crippen molar-refractivity contribution in [3.8, 4) is 22.6 Å². The molecule has 5 aromatic rings. The number of aromatic nitrogens is 5. The minimum Gasteiger partial charge on any atom is -0.493 e. The second kappa shape index (κ2) is 12.1. The first-order valence-electron chi connectivity index (χ1n) is 13.2. The number of carbonyl (C=O) groups excluding carboxylic acids is 2. The van der Waals surface area contributed by atoms with Crippen LogP contribution in [0.25, 0.3) is 22.2 Å². The molecular weight excluding hydrogens is 602 g/mol. The molecular formula is C29H25F4N7O5. The number of hydrogen-bond acceptors (Lipinski definition) is 7. The number of halogens is 4. The van der Waals surface area contributed by atoms with Gasteiger partial charge in [-0.05, 0) is 48.0 Å². The number of anilines is 2. The quantitative estimate of drug-likeness (QED) is 0.205. The zero-order chi connectivity index (χ0) is 32.5. The Kier molecular flexibility index (Phi) is 8.30. The van der Waals surface area contributed by atoms with Crippen molar-refractivity contribution in [3.05, 3.63) is 82.5 Å². The van der Waals surface area contributed by atoms with Gasteiger partial charge >= 0.3 is 11.9 Å². The van der Waals surface area contributed by atoms with Gasteiger partial charge in [-0.15, -0.1) is 0 Å². The number of aryl methyl sites for hydroxylation is 1. The van der Waals surface area contributed by atoms with E-state index in [1.165, 1.54) is 45.6 Å². The lowest BCUT2D eigenvalue weighted by molar-refractivity contribution is -0.137. The first kappa shape index (κ1) is 30.8. The summed E-state index contributed by atoms with van der Waals surface area (Å²) in [6.07, 6.45) is -3.62. The molecule has 0 atom stereocenters. The van der Waals surface area contributed by atoms with Gasteiger partial charge in [-0.2, -0.15) is 18.3 Å². The number of aromatic amines is 1. The zero-order valence-corrected chi connectivity index (χ0v) is 24.0. The van der Waals surface area contributed by atoms with E-state index in [-0.39, 0.29) is 51.9 Å². The number of nitrogens with zero attached hydrogens (tertiary/aromatic N) is 4. The van der Waals surface area contributed by atoms with Crippen LogP contribution in [0.5, 0.6) is 11.5 Å². The van der Waals surface area contributed by atoms with Crippen LogP contribution in [-0.4, -0.2) is 43.2 Å². The molecule has 2 amide bonds. The molecule has 0 aliphatic rings. The predicted molar refractivity (Wildman–Crippen MR) is 154 cm³/mol. The molecule has 0 bridgehead atoms. The highest BCUT2D eigenvalue weighted by Crippen LogP contribution is 2.41. The van der Waals surface area contributed by atoms with Crippen LogP contribution in [0.3, 0.4) is 0 Å². The molecule has 0 aliphatic heterocycles. The Hall–Kier alpha value is -5.67. The van der Waals surface area contributed by atoms with Crippen molar-refractivity contribution >= 4 is 34.2 Å². The lowest BCUT2D eigenvalue weighted by Crippen LogP contribution is -2.28. The number of benzene rings is 3. The smallest absolute Gasteiger partial charge is 0.416 e. The van der Waals surface area contributed by atoms with Crippen molar-refractivity contribution in [3.63, 3.8) is 0 Å². The van der Waals surface area contributed by atoms with Crippen LogP contribution in [0.15, 0.2) is 59.7 Å². The van der Waals surface area contributed by atoms with Gasteiger partial charge in [0, 0.05) is 30.9 Å². The minimum absolute atomic E-state index is 0.0187. The van der Waals surface area contributed by atoms with Gasteiger partial charge in [-0.1, -0.05) is 6.07 Å². The normalized spacial score (nSPS) is 11.4. The van der Waals surface area contributed by atoms with E-state index in [1.807, 2.05) is 0 Å². The van der Waals surface area contributed by atoms with Crippen molar-refractivity contribution in [2.75, 3.05) is 17.7 Å². The highest BCUT2D eigenvalue weighted by Gasteiger charge is 2.33. The third-order valence-electron chi connectivity index (χ3n) is 6.69. The Bertz CT molecular complexity index is 1970. The maximum Gasteiger partial charge on any atom is 0.416 e. The number of rotatable bonds is 9. The first-order valence-corrected chi connectivity index (χ1v) is 13.2. The van der Waals surface area contributed by atoms with E-state index in [0.29, 0.717) is 11.5 Å². The monoisotopic (exact) mass is 627 g/mol. The number of methoxy groups -OCH3 is 1. The molecule has 0 spiro atoms. The molecule has 16 heteroatoms. The molecule has 0 radical (unpaired) electrons. The molecule has 0 saturated carbocycles. The SMILES string of the molecule is COc1cc(-c2cc(C(F)(F)F)cc3c2n(C)c(=O)n3CC(=O)Nc2cccc(NC(C)=O)c2)cc(F)c1OCc1ncn[nH]1. The van der Waals surface area contributed by atoms with Gasteiger partial charge in [0.15, 0.2) is 23.1 Å². The van der Waals surface area contributed by atoms with Crippen molar-refractivity contribution in [2.45, 2.75) is 26.3 Å². The second-order valence-electron chi connectivity index (χ2n) is 9.84. The van der Waals surface area contributed by atoms with Gasteiger partial charge in [0.2, 0.25) is 11.8 Å². The summed E-state index contributed by atoms with van der Waals surface area (Å²) in [6, 6.07) is 9.98. The molecule has 0 fully saturated rings. The number of alkyl halides is 3. The molecule has 0 unspecified atom stereocenters. The van der Waals surface area contributed by atoms with Crippen LogP contribution in [0.1, 0.15) is 18.3 Å². The van der Waals surface area contributed by atoms with Crippen LogP contribution in [0.4, 0.5) is 28.9 Å². The average molecular weight is 628 g/mol. The fourth-order valence-electron chi connectivity index (χ4n) is 4.77. The van der Waals surface area contributed by atoms with E-state index in [9.17, 15) is 27.6 Å². The molecule has 2 aromatic heterocycles. The summed E-state index contributed by atoms with van der Waals surface area (Å²) in [5, 5.41) is 11.4. The van der Waals surface area contributed by atoms with Gasteiger partial charge in [-0.25, -0.2) is 14.2 Å². The average Bonchev–Trinajstić information content (AvgIpc) is 3.58. The van der Waals surface area contributed by atoms with Crippen molar-refractivity contribution < 1.29 is 36.6 Å². The number of H-pyrrole nitrogens is 1. The van der Waals surface area contributed by atoms with Crippen LogP contribution in [-0.2, 0) is 36.0 Å². The Morgan fingerprint density at radius 1 is 1.07 bits per heavy atom. The topological polar surface area (TPSA) is 145 Å². The largest absolute Gasteiger partial charge is 0.493 e. The fourth-order valence-corrected chi connectivity index (χ4v) is 4.77. The van der Waals surface area contributed by atoms with E-state index >= 15 is 4.39 Å². The number of carbonyl (C=O) groups is 2. The number of fused-ring (bicyclic) bond motifs is 1. The highest BCUT2D eigenvalue weighted by atomic mass is 19.4. The van der Waals surface area contributed by atoms with E-state index in [4.69, 9.17) is 9.47 Å². The fraction of sp³-hybridized carbons (Fsp3) is 0.207. The Balaban J connectivity index is 1.57. The van der Waals surface area contributed by atoms with Gasteiger partial charge in [0.25, 0.3) is 0 Å². The van der Waals surface area contributed by atoms with Crippen LogP contribution >= 0.6 is 0 Å². The summed E-state index contributed by atoms with van der Waals surface area (Å²) < 4.78 is 70.5. The third kappa shape index (κ3) is 6.48. The van der Waals surface area contributed by atoms with Crippen molar-refractivity contribution in [2.24, 2.45) is 7.05 Å².